The largest absolute Gasteiger partial charge is 0.596 e. The molecule has 0 aromatic heterocycles. The van der Waals surface area contributed by atoms with E-state index in [-0.39, 0.29) is 5.56 Å². The van der Waals surface area contributed by atoms with Crippen LogP contribution < -0.4 is 9.47 Å². The van der Waals surface area contributed by atoms with Crippen LogP contribution in [-0.4, -0.2) is 32.6 Å². The molecule has 1 aromatic rings. The first-order valence-corrected chi connectivity index (χ1v) is 9.75. The molecule has 0 heterocycles. The second kappa shape index (κ2) is 9.85. The van der Waals surface area contributed by atoms with Gasteiger partial charge in [0.15, 0.2) is 5.56 Å². The molecule has 6 nitrogen and oxygen atoms in total. The molecule has 0 aliphatic heterocycles. The molecule has 1 aromatic carbocycles. The lowest BCUT2D eigenvalue weighted by molar-refractivity contribution is -0.0776. The number of benzene rings is 1. The standard InChI is InChI=1S/C18H26O6P/c1-13(23-12-14-8-5-4-6-9-14)24-25(20)18(19)17-15(21-2)10-7-11-16(17)22-3/h7,10-11,13-14H,4-6,8-9,12H2,1-3H3/q+1. The summed E-state index contributed by atoms with van der Waals surface area (Å²) in [5.74, 6) is 1.11. The van der Waals surface area contributed by atoms with E-state index in [0.717, 1.165) is 12.8 Å². The third-order valence-corrected chi connectivity index (χ3v) is 5.39. The SMILES string of the molecule is COc1cccc(OC)c1C(=O)[P+](=O)OC(C)OCC1CCCCC1. The van der Waals surface area contributed by atoms with Crippen molar-refractivity contribution < 1.29 is 28.1 Å². The third-order valence-electron chi connectivity index (χ3n) is 4.34. The number of methoxy groups -OCH3 is 2. The zero-order valence-electron chi connectivity index (χ0n) is 15.0. The van der Waals surface area contributed by atoms with Crippen molar-refractivity contribution in [1.29, 1.82) is 0 Å². The lowest BCUT2D eigenvalue weighted by Gasteiger charge is -2.21. The normalized spacial score (nSPS) is 17.0. The van der Waals surface area contributed by atoms with E-state index in [1.54, 1.807) is 25.1 Å². The van der Waals surface area contributed by atoms with Crippen molar-refractivity contribution in [3.63, 3.8) is 0 Å². The summed E-state index contributed by atoms with van der Waals surface area (Å²) < 4.78 is 33.6. The molecule has 0 radical (unpaired) electrons. The number of ether oxygens (including phenoxy) is 3. The molecule has 1 saturated carbocycles. The Labute approximate surface area is 149 Å². The van der Waals surface area contributed by atoms with E-state index in [2.05, 4.69) is 0 Å². The first-order valence-electron chi connectivity index (χ1n) is 8.57. The Kier molecular flexibility index (Phi) is 7.82. The number of hydrogen-bond donors (Lipinski definition) is 0. The number of hydrogen-bond acceptors (Lipinski definition) is 6. The molecule has 25 heavy (non-hydrogen) atoms. The van der Waals surface area contributed by atoms with Crippen LogP contribution in [0.1, 0.15) is 49.4 Å². The Morgan fingerprint density at radius 3 is 2.32 bits per heavy atom. The second-order valence-electron chi connectivity index (χ2n) is 6.11. The van der Waals surface area contributed by atoms with Crippen LogP contribution in [-0.2, 0) is 13.8 Å². The maximum Gasteiger partial charge on any atom is 0.596 e. The van der Waals surface area contributed by atoms with Crippen molar-refractivity contribution in [1.82, 2.24) is 0 Å². The minimum Gasteiger partial charge on any atom is -0.496 e. The zero-order chi connectivity index (χ0) is 18.2. The summed E-state index contributed by atoms with van der Waals surface area (Å²) in [6, 6.07) is 4.92. The van der Waals surface area contributed by atoms with Gasteiger partial charge in [-0.25, -0.2) is 4.79 Å². The monoisotopic (exact) mass is 369 g/mol. The molecule has 0 N–H and O–H groups in total. The van der Waals surface area contributed by atoms with Gasteiger partial charge in [-0.05, 0) is 42.4 Å². The van der Waals surface area contributed by atoms with Crippen LogP contribution in [0.25, 0.3) is 0 Å². The highest BCUT2D eigenvalue weighted by Crippen LogP contribution is 2.38. The van der Waals surface area contributed by atoms with Crippen molar-refractivity contribution in [3.05, 3.63) is 23.8 Å². The van der Waals surface area contributed by atoms with Crippen LogP contribution in [0, 0.1) is 5.92 Å². The number of rotatable bonds is 9. The molecule has 138 valence electrons. The molecular weight excluding hydrogens is 343 g/mol. The van der Waals surface area contributed by atoms with E-state index < -0.39 is 19.8 Å². The topological polar surface area (TPSA) is 71.1 Å². The Balaban J connectivity index is 1.94. The van der Waals surface area contributed by atoms with E-state index in [4.69, 9.17) is 18.7 Å². The maximum absolute atomic E-state index is 12.5. The summed E-state index contributed by atoms with van der Waals surface area (Å²) >= 11 is 0. The number of carbonyl (C=O) groups excluding carboxylic acids is 1. The fourth-order valence-corrected chi connectivity index (χ4v) is 3.82. The van der Waals surface area contributed by atoms with E-state index in [1.807, 2.05) is 0 Å². The predicted molar refractivity (Wildman–Crippen MR) is 94.6 cm³/mol. The highest BCUT2D eigenvalue weighted by molar-refractivity contribution is 7.60. The van der Waals surface area contributed by atoms with Gasteiger partial charge in [0.2, 0.25) is 6.29 Å². The van der Waals surface area contributed by atoms with Crippen molar-refractivity contribution in [2.75, 3.05) is 20.8 Å². The van der Waals surface area contributed by atoms with Gasteiger partial charge in [0.1, 0.15) is 11.5 Å². The summed E-state index contributed by atoms with van der Waals surface area (Å²) in [6.07, 6.45) is 5.32. The van der Waals surface area contributed by atoms with Gasteiger partial charge in [-0.15, -0.1) is 4.52 Å². The molecule has 2 rings (SSSR count). The van der Waals surface area contributed by atoms with Gasteiger partial charge in [-0.2, -0.15) is 0 Å². The highest BCUT2D eigenvalue weighted by atomic mass is 31.1. The minimum absolute atomic E-state index is 0.119. The molecule has 2 unspecified atom stereocenters. The Morgan fingerprint density at radius 1 is 1.16 bits per heavy atom. The van der Waals surface area contributed by atoms with E-state index in [0.29, 0.717) is 24.0 Å². The van der Waals surface area contributed by atoms with Crippen molar-refractivity contribution in [3.8, 4) is 11.5 Å². The molecule has 2 atom stereocenters. The van der Waals surface area contributed by atoms with Gasteiger partial charge < -0.3 is 14.2 Å². The van der Waals surface area contributed by atoms with E-state index in [9.17, 15) is 9.36 Å². The van der Waals surface area contributed by atoms with Gasteiger partial charge in [-0.1, -0.05) is 25.3 Å². The molecule has 1 aliphatic carbocycles. The maximum atomic E-state index is 12.5. The molecule has 0 amide bonds. The fraction of sp³-hybridized carbons (Fsp3) is 0.611. The van der Waals surface area contributed by atoms with Crippen molar-refractivity contribution >= 4 is 13.6 Å². The molecule has 7 heteroatoms. The number of carbonyl (C=O) groups is 1. The van der Waals surface area contributed by atoms with Gasteiger partial charge >= 0.3 is 13.6 Å². The summed E-state index contributed by atoms with van der Waals surface area (Å²) in [7, 11) is 0.276. The average molecular weight is 369 g/mol. The first kappa shape index (κ1) is 19.8. The Hall–Kier alpha value is -1.49. The quantitative estimate of drug-likeness (QED) is 0.470. The Bertz CT molecular complexity index is 575. The van der Waals surface area contributed by atoms with Crippen LogP contribution in [0.15, 0.2) is 18.2 Å². The molecule has 1 aliphatic rings. The van der Waals surface area contributed by atoms with Gasteiger partial charge in [0, 0.05) is 0 Å². The predicted octanol–water partition coefficient (Wildman–Crippen LogP) is 4.55. The van der Waals surface area contributed by atoms with E-state index in [1.165, 1.54) is 33.5 Å². The zero-order valence-corrected chi connectivity index (χ0v) is 15.9. The van der Waals surface area contributed by atoms with Crippen LogP contribution in [0.5, 0.6) is 11.5 Å². The highest BCUT2D eigenvalue weighted by Gasteiger charge is 2.39. The van der Waals surface area contributed by atoms with Gasteiger partial charge in [0.25, 0.3) is 0 Å². The molecule has 0 bridgehead atoms. The van der Waals surface area contributed by atoms with Crippen LogP contribution in [0.2, 0.25) is 0 Å². The van der Waals surface area contributed by atoms with E-state index >= 15 is 0 Å². The van der Waals surface area contributed by atoms with Gasteiger partial charge in [-0.3, -0.25) is 0 Å². The lowest BCUT2D eigenvalue weighted by atomic mass is 9.90. The van der Waals surface area contributed by atoms with Crippen molar-refractivity contribution in [2.24, 2.45) is 5.92 Å². The lowest BCUT2D eigenvalue weighted by Crippen LogP contribution is -2.19. The molecule has 0 saturated heterocycles. The van der Waals surface area contributed by atoms with Crippen LogP contribution >= 0.6 is 8.03 Å². The third kappa shape index (κ3) is 5.50. The van der Waals surface area contributed by atoms with Crippen molar-refractivity contribution in [2.45, 2.75) is 45.3 Å². The second-order valence-corrected chi connectivity index (χ2v) is 7.24. The Morgan fingerprint density at radius 2 is 1.76 bits per heavy atom. The minimum atomic E-state index is -2.60. The average Bonchev–Trinajstić information content (AvgIpc) is 2.65. The fourth-order valence-electron chi connectivity index (χ4n) is 2.99. The van der Waals surface area contributed by atoms with Gasteiger partial charge in [0.05, 0.1) is 20.8 Å². The summed E-state index contributed by atoms with van der Waals surface area (Å²) in [5, 5.41) is 0. The smallest absolute Gasteiger partial charge is 0.496 e. The molecule has 0 spiro atoms. The summed E-state index contributed by atoms with van der Waals surface area (Å²) in [4.78, 5) is 12.5. The summed E-state index contributed by atoms with van der Waals surface area (Å²) in [5.41, 5.74) is -0.550. The van der Waals surface area contributed by atoms with Crippen LogP contribution in [0.3, 0.4) is 0 Å². The molecule has 1 fully saturated rings. The molecular formula is C18H26O6P+. The first-order chi connectivity index (χ1) is 12.1. The summed E-state index contributed by atoms with van der Waals surface area (Å²) in [6.45, 7) is 2.22. The van der Waals surface area contributed by atoms with Crippen LogP contribution in [0.4, 0.5) is 0 Å².